The van der Waals surface area contributed by atoms with Crippen LogP contribution in [-0.4, -0.2) is 29.7 Å². The highest BCUT2D eigenvalue weighted by molar-refractivity contribution is 5.93. The number of nitrogens with one attached hydrogen (secondary N) is 2. The van der Waals surface area contributed by atoms with Gasteiger partial charge in [-0.15, -0.1) is 0 Å². The molecule has 1 heterocycles. The van der Waals surface area contributed by atoms with E-state index in [1.807, 2.05) is 54.7 Å². The summed E-state index contributed by atoms with van der Waals surface area (Å²) in [6, 6.07) is 15.2. The van der Waals surface area contributed by atoms with E-state index < -0.39 is 6.10 Å². The average Bonchev–Trinajstić information content (AvgIpc) is 3.05. The average molecular weight is 338 g/mol. The van der Waals surface area contributed by atoms with Gasteiger partial charge < -0.3 is 20.1 Å². The van der Waals surface area contributed by atoms with Crippen LogP contribution in [0.2, 0.25) is 0 Å². The van der Waals surface area contributed by atoms with E-state index in [4.69, 9.17) is 4.74 Å². The van der Waals surface area contributed by atoms with Crippen molar-refractivity contribution in [2.45, 2.75) is 18.9 Å². The predicted octanol–water partition coefficient (Wildman–Crippen LogP) is 2.96. The highest BCUT2D eigenvalue weighted by atomic mass is 16.5. The summed E-state index contributed by atoms with van der Waals surface area (Å²) in [6.45, 7) is 0.425. The maximum Gasteiger partial charge on any atom is 0.224 e. The number of fused-ring (bicyclic) bond motifs is 1. The number of aromatic nitrogens is 1. The Bertz CT molecular complexity index is 843. The van der Waals surface area contributed by atoms with E-state index in [0.717, 1.165) is 27.8 Å². The molecular weight excluding hydrogens is 316 g/mol. The Hall–Kier alpha value is -2.79. The molecule has 2 aromatic carbocycles. The molecule has 0 aliphatic carbocycles. The lowest BCUT2D eigenvalue weighted by Crippen LogP contribution is -2.27. The molecule has 3 aromatic rings. The maximum absolute atomic E-state index is 12.2. The zero-order valence-electron chi connectivity index (χ0n) is 14.2. The van der Waals surface area contributed by atoms with Crippen LogP contribution < -0.4 is 10.1 Å². The number of H-pyrrole nitrogens is 1. The van der Waals surface area contributed by atoms with Gasteiger partial charge in [-0.25, -0.2) is 0 Å². The number of aromatic amines is 1. The molecule has 5 nitrogen and oxygen atoms in total. The minimum atomic E-state index is -0.574. The third-order valence-electron chi connectivity index (χ3n) is 4.24. The molecule has 0 aliphatic heterocycles. The van der Waals surface area contributed by atoms with Crippen LogP contribution in [0.5, 0.6) is 5.75 Å². The first-order valence-electron chi connectivity index (χ1n) is 8.31. The number of amides is 1. The van der Waals surface area contributed by atoms with Gasteiger partial charge in [0.2, 0.25) is 5.91 Å². The number of aliphatic hydroxyl groups is 1. The number of benzene rings is 2. The minimum absolute atomic E-state index is 0.0768. The number of rotatable bonds is 7. The Kier molecular flexibility index (Phi) is 5.36. The third-order valence-corrected chi connectivity index (χ3v) is 4.24. The van der Waals surface area contributed by atoms with Crippen LogP contribution in [0.15, 0.2) is 54.7 Å². The van der Waals surface area contributed by atoms with E-state index in [1.54, 1.807) is 7.11 Å². The zero-order valence-corrected chi connectivity index (χ0v) is 14.2. The van der Waals surface area contributed by atoms with Crippen LogP contribution in [0.4, 0.5) is 0 Å². The quantitative estimate of drug-likeness (QED) is 0.620. The molecule has 5 heteroatoms. The van der Waals surface area contributed by atoms with Gasteiger partial charge in [0.05, 0.1) is 19.6 Å². The summed E-state index contributed by atoms with van der Waals surface area (Å²) < 4.78 is 5.38. The molecule has 25 heavy (non-hydrogen) atoms. The summed E-state index contributed by atoms with van der Waals surface area (Å²) in [5.41, 5.74) is 2.70. The molecule has 0 fully saturated rings. The van der Waals surface area contributed by atoms with Gasteiger partial charge in [0.1, 0.15) is 5.75 Å². The molecule has 1 amide bonds. The van der Waals surface area contributed by atoms with Crippen LogP contribution in [0, 0.1) is 0 Å². The molecule has 1 atom stereocenters. The van der Waals surface area contributed by atoms with Crippen LogP contribution >= 0.6 is 0 Å². The lowest BCUT2D eigenvalue weighted by molar-refractivity contribution is -0.120. The summed E-state index contributed by atoms with van der Waals surface area (Å²) in [5, 5.41) is 13.9. The number of aliphatic hydroxyl groups excluding tert-OH is 1. The number of hydrogen-bond donors (Lipinski definition) is 3. The van der Waals surface area contributed by atoms with Crippen molar-refractivity contribution in [1.82, 2.24) is 10.3 Å². The summed E-state index contributed by atoms with van der Waals surface area (Å²) in [6.07, 6.45) is 2.01. The molecule has 0 saturated carbocycles. The van der Waals surface area contributed by atoms with Crippen LogP contribution in [0.25, 0.3) is 10.9 Å². The van der Waals surface area contributed by atoms with E-state index in [2.05, 4.69) is 10.3 Å². The first-order valence-corrected chi connectivity index (χ1v) is 8.31. The summed E-state index contributed by atoms with van der Waals surface area (Å²) in [4.78, 5) is 15.4. The lowest BCUT2D eigenvalue weighted by Gasteiger charge is -2.11. The Morgan fingerprint density at radius 2 is 2.00 bits per heavy atom. The van der Waals surface area contributed by atoms with Crippen molar-refractivity contribution in [1.29, 1.82) is 0 Å². The summed E-state index contributed by atoms with van der Waals surface area (Å²) in [5.74, 6) is 0.674. The second kappa shape index (κ2) is 7.85. The van der Waals surface area contributed by atoms with Crippen molar-refractivity contribution in [2.24, 2.45) is 0 Å². The molecule has 0 bridgehead atoms. The van der Waals surface area contributed by atoms with Crippen molar-refractivity contribution in [3.8, 4) is 5.75 Å². The molecule has 130 valence electrons. The molecule has 3 rings (SSSR count). The number of hydrogen-bond acceptors (Lipinski definition) is 3. The topological polar surface area (TPSA) is 74.4 Å². The number of ether oxygens (including phenoxy) is 1. The minimum Gasteiger partial charge on any atom is -0.496 e. The lowest BCUT2D eigenvalue weighted by atomic mass is 10.1. The van der Waals surface area contributed by atoms with Crippen LogP contribution in [0.1, 0.15) is 23.7 Å². The number of methoxy groups -OCH3 is 1. The second-order valence-corrected chi connectivity index (χ2v) is 5.94. The fourth-order valence-electron chi connectivity index (χ4n) is 2.95. The largest absolute Gasteiger partial charge is 0.496 e. The Morgan fingerprint density at radius 1 is 1.20 bits per heavy atom. The zero-order chi connectivity index (χ0) is 17.6. The smallest absolute Gasteiger partial charge is 0.224 e. The Labute approximate surface area is 146 Å². The predicted molar refractivity (Wildman–Crippen MR) is 97.6 cm³/mol. The van der Waals surface area contributed by atoms with Gasteiger partial charge in [-0.05, 0) is 29.7 Å². The molecule has 0 radical (unpaired) electrons. The molecule has 3 N–H and O–H groups in total. The van der Waals surface area contributed by atoms with E-state index in [1.165, 1.54) is 0 Å². The van der Waals surface area contributed by atoms with E-state index in [9.17, 15) is 9.90 Å². The second-order valence-electron chi connectivity index (χ2n) is 5.94. The van der Waals surface area contributed by atoms with Gasteiger partial charge in [-0.1, -0.05) is 36.4 Å². The summed E-state index contributed by atoms with van der Waals surface area (Å²) in [7, 11) is 1.62. The SMILES string of the molecule is COc1cccc2[nH]cc(CC(=O)NCCC(O)c3ccccc3)c12. The third kappa shape index (κ3) is 4.00. The normalized spacial score (nSPS) is 12.1. The fraction of sp³-hybridized carbons (Fsp3) is 0.250. The summed E-state index contributed by atoms with van der Waals surface area (Å²) >= 11 is 0. The van der Waals surface area contributed by atoms with E-state index >= 15 is 0 Å². The first kappa shape index (κ1) is 17.0. The molecule has 1 aromatic heterocycles. The maximum atomic E-state index is 12.2. The van der Waals surface area contributed by atoms with Gasteiger partial charge in [0, 0.05) is 23.6 Å². The number of carbonyl (C=O) groups is 1. The fourth-order valence-corrected chi connectivity index (χ4v) is 2.95. The van der Waals surface area contributed by atoms with Crippen LogP contribution in [-0.2, 0) is 11.2 Å². The highest BCUT2D eigenvalue weighted by Gasteiger charge is 2.13. The van der Waals surface area contributed by atoms with Crippen molar-refractivity contribution in [3.05, 3.63) is 65.9 Å². The van der Waals surface area contributed by atoms with Gasteiger partial charge in [-0.3, -0.25) is 4.79 Å². The molecular formula is C20H22N2O3. The highest BCUT2D eigenvalue weighted by Crippen LogP contribution is 2.28. The Balaban J connectivity index is 1.56. The van der Waals surface area contributed by atoms with Crippen LogP contribution in [0.3, 0.4) is 0 Å². The van der Waals surface area contributed by atoms with Crippen molar-refractivity contribution < 1.29 is 14.6 Å². The molecule has 1 unspecified atom stereocenters. The van der Waals surface area contributed by atoms with Gasteiger partial charge in [0.25, 0.3) is 0 Å². The van der Waals surface area contributed by atoms with E-state index in [-0.39, 0.29) is 12.3 Å². The van der Waals surface area contributed by atoms with Gasteiger partial charge in [0.15, 0.2) is 0 Å². The standard InChI is InChI=1S/C20H22N2O3/c1-25-18-9-5-8-16-20(18)15(13-22-16)12-19(24)21-11-10-17(23)14-6-3-2-4-7-14/h2-9,13,17,22-23H,10-12H2,1H3,(H,21,24). The van der Waals surface area contributed by atoms with Gasteiger partial charge >= 0.3 is 0 Å². The van der Waals surface area contributed by atoms with Gasteiger partial charge in [-0.2, -0.15) is 0 Å². The van der Waals surface area contributed by atoms with Crippen molar-refractivity contribution >= 4 is 16.8 Å². The van der Waals surface area contributed by atoms with Crippen molar-refractivity contribution in [3.63, 3.8) is 0 Å². The first-order chi connectivity index (χ1) is 12.2. The monoisotopic (exact) mass is 338 g/mol. The number of carbonyl (C=O) groups excluding carboxylic acids is 1. The van der Waals surface area contributed by atoms with E-state index in [0.29, 0.717) is 13.0 Å². The molecule has 0 aliphatic rings. The molecule has 0 spiro atoms. The van der Waals surface area contributed by atoms with Crippen molar-refractivity contribution in [2.75, 3.05) is 13.7 Å². The molecule has 0 saturated heterocycles. The Morgan fingerprint density at radius 3 is 2.76 bits per heavy atom.